The number of hydrogen-bond donors (Lipinski definition) is 0. The molecular weight excluding hydrogens is 735 g/mol. The highest BCUT2D eigenvalue weighted by Crippen LogP contribution is 2.55. The third kappa shape index (κ3) is 6.77. The molecule has 0 atom stereocenters. The van der Waals surface area contributed by atoms with Gasteiger partial charge in [-0.05, 0) is 131 Å². The summed E-state index contributed by atoms with van der Waals surface area (Å²) in [6.07, 6.45) is 0. The molecule has 0 saturated carbocycles. The second-order valence-electron chi connectivity index (χ2n) is 22.0. The lowest BCUT2D eigenvalue weighted by atomic mass is 9.79. The number of fused-ring (bicyclic) bond motifs is 6. The fraction of sp³-hybridized carbons (Fsp3) is 0.300. The van der Waals surface area contributed by atoms with Crippen LogP contribution in [0.3, 0.4) is 0 Å². The Hall–Kier alpha value is -5.66. The molecule has 0 fully saturated rings. The summed E-state index contributed by atoms with van der Waals surface area (Å²) in [7, 11) is 0. The Balaban J connectivity index is 1.25. The van der Waals surface area contributed by atoms with Gasteiger partial charge in [-0.15, -0.1) is 0 Å². The first-order chi connectivity index (χ1) is 28.7. The van der Waals surface area contributed by atoms with E-state index in [-0.39, 0.29) is 27.1 Å². The number of hydrogen-bond acceptors (Lipinski definition) is 1. The molecule has 0 amide bonds. The maximum atomic E-state index is 2.53. The zero-order chi connectivity index (χ0) is 43.4. The summed E-state index contributed by atoms with van der Waals surface area (Å²) in [6, 6.07) is 55.8. The van der Waals surface area contributed by atoms with Crippen LogP contribution in [0.5, 0.6) is 0 Å². The van der Waals surface area contributed by atoms with Crippen LogP contribution in [0.4, 0.5) is 17.1 Å². The van der Waals surface area contributed by atoms with E-state index in [2.05, 4.69) is 241 Å². The van der Waals surface area contributed by atoms with Crippen LogP contribution in [-0.4, -0.2) is 0 Å². The van der Waals surface area contributed by atoms with E-state index >= 15 is 0 Å². The second-order valence-corrected chi connectivity index (χ2v) is 22.0. The van der Waals surface area contributed by atoms with E-state index in [0.717, 1.165) is 5.69 Å². The average Bonchev–Trinajstić information content (AvgIpc) is 3.59. The highest BCUT2D eigenvalue weighted by molar-refractivity contribution is 5.93. The van der Waals surface area contributed by atoms with Gasteiger partial charge >= 0.3 is 0 Å². The van der Waals surface area contributed by atoms with Crippen molar-refractivity contribution in [3.63, 3.8) is 0 Å². The molecule has 0 saturated heterocycles. The minimum atomic E-state index is -0.156. The fourth-order valence-electron chi connectivity index (χ4n) is 10.2. The number of benzene rings is 7. The van der Waals surface area contributed by atoms with Gasteiger partial charge in [-0.2, -0.15) is 0 Å². The van der Waals surface area contributed by atoms with Crippen molar-refractivity contribution < 1.29 is 0 Å². The second kappa shape index (κ2) is 13.9. The first-order valence-corrected chi connectivity index (χ1v) is 22.3. The van der Waals surface area contributed by atoms with Gasteiger partial charge in [0.15, 0.2) is 0 Å². The van der Waals surface area contributed by atoms with E-state index < -0.39 is 0 Å². The molecule has 0 N–H and O–H groups in total. The number of rotatable bonds is 5. The van der Waals surface area contributed by atoms with E-state index in [4.69, 9.17) is 0 Å². The zero-order valence-electron chi connectivity index (χ0n) is 38.8. The molecular formula is C60H63N. The average molecular weight is 798 g/mol. The van der Waals surface area contributed by atoms with Crippen LogP contribution in [0.15, 0.2) is 146 Å². The molecule has 2 aliphatic carbocycles. The standard InChI is InChI=1S/C60H63N/c1-56(2,3)41-33-40(34-42(35-41)57(4,5)6)38-20-18-21-39(32-38)45-22-15-17-27-54(45)61(43-28-30-47-46-23-14-16-24-49(46)59(10,11)52(47)36-43)44-29-31-48-53(37-44)60(12,13)51-26-19-25-50(55(48)51)58(7,8)9/h14-37H,1-13H3. The third-order valence-electron chi connectivity index (χ3n) is 13.9. The number of nitrogens with zero attached hydrogens (tertiary/aromatic N) is 1. The monoisotopic (exact) mass is 797 g/mol. The molecule has 0 unspecified atom stereocenters. The molecule has 61 heavy (non-hydrogen) atoms. The van der Waals surface area contributed by atoms with Crippen molar-refractivity contribution in [3.8, 4) is 44.5 Å². The van der Waals surface area contributed by atoms with E-state index in [1.807, 2.05) is 0 Å². The number of anilines is 3. The maximum Gasteiger partial charge on any atom is 0.0540 e. The molecule has 9 rings (SSSR count). The maximum absolute atomic E-state index is 2.53. The molecule has 0 heterocycles. The van der Waals surface area contributed by atoms with Gasteiger partial charge in [0.2, 0.25) is 0 Å². The van der Waals surface area contributed by atoms with Crippen LogP contribution in [0.1, 0.15) is 129 Å². The Labute approximate surface area is 366 Å². The van der Waals surface area contributed by atoms with E-state index in [9.17, 15) is 0 Å². The molecule has 0 aliphatic heterocycles. The lowest BCUT2D eigenvalue weighted by Gasteiger charge is -2.31. The van der Waals surface area contributed by atoms with E-state index in [1.165, 1.54) is 94.8 Å². The summed E-state index contributed by atoms with van der Waals surface area (Å²) < 4.78 is 0. The van der Waals surface area contributed by atoms with E-state index in [0.29, 0.717) is 0 Å². The summed E-state index contributed by atoms with van der Waals surface area (Å²) in [6.45, 7) is 30.5. The smallest absolute Gasteiger partial charge is 0.0540 e. The first-order valence-electron chi connectivity index (χ1n) is 22.3. The van der Waals surface area contributed by atoms with E-state index in [1.54, 1.807) is 0 Å². The minimum Gasteiger partial charge on any atom is -0.310 e. The van der Waals surface area contributed by atoms with Crippen molar-refractivity contribution in [2.75, 3.05) is 4.90 Å². The minimum absolute atomic E-state index is 0.0262. The highest BCUT2D eigenvalue weighted by atomic mass is 15.1. The molecule has 0 spiro atoms. The Morgan fingerprint density at radius 1 is 0.361 bits per heavy atom. The van der Waals surface area contributed by atoms with Crippen molar-refractivity contribution in [1.29, 1.82) is 0 Å². The predicted octanol–water partition coefficient (Wildman–Crippen LogP) is 17.0. The Bertz CT molecular complexity index is 2830. The van der Waals surface area contributed by atoms with Gasteiger partial charge in [-0.3, -0.25) is 0 Å². The normalized spacial score (nSPS) is 14.9. The van der Waals surface area contributed by atoms with Crippen molar-refractivity contribution in [1.82, 2.24) is 0 Å². The first kappa shape index (κ1) is 40.7. The van der Waals surface area contributed by atoms with Crippen LogP contribution >= 0.6 is 0 Å². The van der Waals surface area contributed by atoms with Gasteiger partial charge in [-0.25, -0.2) is 0 Å². The molecule has 2 aliphatic rings. The van der Waals surface area contributed by atoms with Crippen LogP contribution < -0.4 is 4.90 Å². The molecule has 1 nitrogen and oxygen atoms in total. The lowest BCUT2D eigenvalue weighted by molar-refractivity contribution is 0.569. The summed E-state index contributed by atoms with van der Waals surface area (Å²) in [5.41, 5.74) is 23.4. The highest BCUT2D eigenvalue weighted by Gasteiger charge is 2.40. The van der Waals surface area contributed by atoms with Gasteiger partial charge in [0.05, 0.1) is 5.69 Å². The van der Waals surface area contributed by atoms with Crippen molar-refractivity contribution >= 4 is 17.1 Å². The van der Waals surface area contributed by atoms with Crippen molar-refractivity contribution in [3.05, 3.63) is 185 Å². The number of para-hydroxylation sites is 1. The topological polar surface area (TPSA) is 3.24 Å². The molecule has 308 valence electrons. The largest absolute Gasteiger partial charge is 0.310 e. The Morgan fingerprint density at radius 2 is 0.869 bits per heavy atom. The summed E-state index contributed by atoms with van der Waals surface area (Å²) in [4.78, 5) is 2.53. The van der Waals surface area contributed by atoms with Gasteiger partial charge < -0.3 is 4.90 Å². The molecule has 0 radical (unpaired) electrons. The van der Waals surface area contributed by atoms with Crippen LogP contribution in [0.25, 0.3) is 44.5 Å². The molecule has 1 heteroatoms. The van der Waals surface area contributed by atoms with Crippen LogP contribution in [0.2, 0.25) is 0 Å². The molecule has 7 aromatic rings. The van der Waals surface area contributed by atoms with Crippen molar-refractivity contribution in [2.24, 2.45) is 0 Å². The van der Waals surface area contributed by atoms with Crippen LogP contribution in [-0.2, 0) is 27.1 Å². The summed E-state index contributed by atoms with van der Waals surface area (Å²) in [5, 5.41) is 0. The quantitative estimate of drug-likeness (QED) is 0.168. The van der Waals surface area contributed by atoms with Crippen LogP contribution in [0, 0.1) is 0 Å². The molecule has 0 bridgehead atoms. The van der Waals surface area contributed by atoms with Gasteiger partial charge in [0.25, 0.3) is 0 Å². The Morgan fingerprint density at radius 3 is 1.51 bits per heavy atom. The van der Waals surface area contributed by atoms with Gasteiger partial charge in [0.1, 0.15) is 0 Å². The van der Waals surface area contributed by atoms with Gasteiger partial charge in [0, 0.05) is 27.8 Å². The fourth-order valence-corrected chi connectivity index (χ4v) is 10.2. The predicted molar refractivity (Wildman–Crippen MR) is 263 cm³/mol. The summed E-state index contributed by atoms with van der Waals surface area (Å²) >= 11 is 0. The summed E-state index contributed by atoms with van der Waals surface area (Å²) in [5.74, 6) is 0. The molecule has 0 aromatic heterocycles. The zero-order valence-corrected chi connectivity index (χ0v) is 38.8. The lowest BCUT2D eigenvalue weighted by Crippen LogP contribution is -2.18. The van der Waals surface area contributed by atoms with Crippen molar-refractivity contribution in [2.45, 2.75) is 117 Å². The Kier molecular flexibility index (Phi) is 9.30. The SMILES string of the molecule is CC(C)(C)c1cc(-c2cccc(-c3ccccc3N(c3ccc4c(c3)C(C)(C)c3ccccc3-4)c3ccc4c(c3)C(C)(C)c3cccc(C(C)(C)C)c3-4)c2)cc(C(C)(C)C)c1. The molecule has 7 aromatic carbocycles. The van der Waals surface area contributed by atoms with Gasteiger partial charge in [-0.1, -0.05) is 199 Å². The third-order valence-corrected chi connectivity index (χ3v) is 13.9.